The van der Waals surface area contributed by atoms with E-state index in [9.17, 15) is 13.6 Å². The van der Waals surface area contributed by atoms with Crippen molar-refractivity contribution < 1.29 is 18.3 Å². The van der Waals surface area contributed by atoms with Gasteiger partial charge in [0.1, 0.15) is 5.75 Å². The predicted octanol–water partition coefficient (Wildman–Crippen LogP) is 3.32. The van der Waals surface area contributed by atoms with Crippen molar-refractivity contribution in [2.75, 3.05) is 24.7 Å². The minimum Gasteiger partial charge on any atom is -0.435 e. The smallest absolute Gasteiger partial charge is 0.387 e. The molecule has 1 heterocycles. The van der Waals surface area contributed by atoms with E-state index in [2.05, 4.69) is 20.3 Å². The number of hydrogen-bond donors (Lipinski definition) is 1. The average Bonchev–Trinajstić information content (AvgIpc) is 3.02. The second-order valence-electron chi connectivity index (χ2n) is 4.96. The third-order valence-electron chi connectivity index (χ3n) is 3.05. The summed E-state index contributed by atoms with van der Waals surface area (Å²) in [7, 11) is 1.69. The van der Waals surface area contributed by atoms with Crippen molar-refractivity contribution in [3.05, 3.63) is 29.8 Å². The van der Waals surface area contributed by atoms with Crippen LogP contribution in [-0.2, 0) is 11.3 Å². The quantitative estimate of drug-likeness (QED) is 0.665. The molecule has 0 atom stereocenters. The number of hydrogen-bond acceptors (Lipinski definition) is 7. The summed E-state index contributed by atoms with van der Waals surface area (Å²) >= 11 is 2.74. The molecule has 0 spiro atoms. The summed E-state index contributed by atoms with van der Waals surface area (Å²) in [5, 5.41) is 11.8. The number of benzene rings is 1. The number of thioether (sulfide) groups is 1. The first kappa shape index (κ1) is 19.4. The molecule has 25 heavy (non-hydrogen) atoms. The van der Waals surface area contributed by atoms with Crippen molar-refractivity contribution in [3.8, 4) is 5.75 Å². The fourth-order valence-corrected chi connectivity index (χ4v) is 3.62. The van der Waals surface area contributed by atoms with Crippen LogP contribution in [0.5, 0.6) is 5.75 Å². The van der Waals surface area contributed by atoms with Gasteiger partial charge in [-0.15, -0.1) is 10.2 Å². The standard InChI is InChI=1S/C15H18F2N4O2S2/c1-3-18-14-19-20-15(25-14)24-9-12(22)21(2)8-10-4-6-11(7-5-10)23-13(16)17/h4-7,13H,3,8-9H2,1-2H3,(H,18,19). The van der Waals surface area contributed by atoms with Crippen molar-refractivity contribution in [1.82, 2.24) is 15.1 Å². The second-order valence-corrected chi connectivity index (χ2v) is 7.16. The highest BCUT2D eigenvalue weighted by Crippen LogP contribution is 2.25. The molecule has 0 saturated carbocycles. The number of nitrogens with one attached hydrogen (secondary N) is 1. The van der Waals surface area contributed by atoms with E-state index in [4.69, 9.17) is 0 Å². The Morgan fingerprint density at radius 2 is 2.08 bits per heavy atom. The van der Waals surface area contributed by atoms with E-state index in [0.717, 1.165) is 21.6 Å². The van der Waals surface area contributed by atoms with Crippen LogP contribution in [0.1, 0.15) is 12.5 Å². The van der Waals surface area contributed by atoms with E-state index in [1.807, 2.05) is 6.92 Å². The fraction of sp³-hybridized carbons (Fsp3) is 0.400. The normalized spacial score (nSPS) is 10.8. The molecule has 0 bridgehead atoms. The van der Waals surface area contributed by atoms with E-state index < -0.39 is 6.61 Å². The van der Waals surface area contributed by atoms with Crippen LogP contribution in [0.15, 0.2) is 28.6 Å². The monoisotopic (exact) mass is 388 g/mol. The minimum atomic E-state index is -2.85. The molecule has 2 rings (SSSR count). The Labute approximate surface area is 152 Å². The molecule has 136 valence electrons. The molecule has 0 unspecified atom stereocenters. The molecule has 1 aromatic carbocycles. The Hall–Kier alpha value is -1.94. The van der Waals surface area contributed by atoms with Crippen LogP contribution in [-0.4, -0.2) is 47.0 Å². The maximum Gasteiger partial charge on any atom is 0.387 e. The van der Waals surface area contributed by atoms with Gasteiger partial charge in [0, 0.05) is 20.1 Å². The average molecular weight is 388 g/mol. The predicted molar refractivity (Wildman–Crippen MR) is 94.3 cm³/mol. The lowest BCUT2D eigenvalue weighted by molar-refractivity contribution is -0.127. The highest BCUT2D eigenvalue weighted by molar-refractivity contribution is 8.01. The van der Waals surface area contributed by atoms with E-state index in [0.29, 0.717) is 6.54 Å². The molecule has 0 fully saturated rings. The summed E-state index contributed by atoms with van der Waals surface area (Å²) in [6.45, 7) is 0.272. The number of aromatic nitrogens is 2. The molecule has 0 radical (unpaired) electrons. The van der Waals surface area contributed by atoms with Crippen molar-refractivity contribution in [1.29, 1.82) is 0 Å². The van der Waals surface area contributed by atoms with Crippen LogP contribution in [0, 0.1) is 0 Å². The first-order valence-electron chi connectivity index (χ1n) is 7.45. The molecular weight excluding hydrogens is 370 g/mol. The molecule has 1 aromatic heterocycles. The molecule has 0 aliphatic carbocycles. The molecule has 10 heteroatoms. The van der Waals surface area contributed by atoms with E-state index in [1.165, 1.54) is 35.2 Å². The molecule has 0 aliphatic rings. The lowest BCUT2D eigenvalue weighted by Crippen LogP contribution is -2.27. The Morgan fingerprint density at radius 3 is 2.72 bits per heavy atom. The zero-order valence-electron chi connectivity index (χ0n) is 13.7. The van der Waals surface area contributed by atoms with Gasteiger partial charge in [0.25, 0.3) is 0 Å². The van der Waals surface area contributed by atoms with Crippen molar-refractivity contribution >= 4 is 34.1 Å². The van der Waals surface area contributed by atoms with E-state index in [1.54, 1.807) is 24.1 Å². The lowest BCUT2D eigenvalue weighted by Gasteiger charge is -2.17. The van der Waals surface area contributed by atoms with Gasteiger partial charge in [-0.2, -0.15) is 8.78 Å². The van der Waals surface area contributed by atoms with Gasteiger partial charge in [-0.1, -0.05) is 35.2 Å². The van der Waals surface area contributed by atoms with Crippen molar-refractivity contribution in [3.63, 3.8) is 0 Å². The van der Waals surface area contributed by atoms with Gasteiger partial charge in [0.15, 0.2) is 4.34 Å². The summed E-state index contributed by atoms with van der Waals surface area (Å²) in [5.74, 6) is 0.290. The summed E-state index contributed by atoms with van der Waals surface area (Å²) in [6.07, 6.45) is 0. The van der Waals surface area contributed by atoms with Crippen LogP contribution >= 0.6 is 23.1 Å². The van der Waals surface area contributed by atoms with Crippen LogP contribution in [0.3, 0.4) is 0 Å². The third-order valence-corrected chi connectivity index (χ3v) is 5.05. The van der Waals surface area contributed by atoms with Gasteiger partial charge in [-0.05, 0) is 24.6 Å². The Kier molecular flexibility index (Phi) is 7.38. The molecule has 1 amide bonds. The number of amides is 1. The first-order chi connectivity index (χ1) is 12.0. The molecule has 2 aromatic rings. The zero-order valence-corrected chi connectivity index (χ0v) is 15.4. The highest BCUT2D eigenvalue weighted by Gasteiger charge is 2.12. The van der Waals surface area contributed by atoms with Gasteiger partial charge in [-0.3, -0.25) is 4.79 Å². The molecule has 1 N–H and O–H groups in total. The Morgan fingerprint density at radius 1 is 1.36 bits per heavy atom. The maximum absolute atomic E-state index is 12.2. The van der Waals surface area contributed by atoms with Crippen LogP contribution < -0.4 is 10.1 Å². The number of ether oxygens (including phenoxy) is 1. The van der Waals surface area contributed by atoms with Crippen molar-refractivity contribution in [2.45, 2.75) is 24.4 Å². The van der Waals surface area contributed by atoms with E-state index >= 15 is 0 Å². The molecule has 0 aliphatic heterocycles. The van der Waals surface area contributed by atoms with Gasteiger partial charge < -0.3 is 15.0 Å². The summed E-state index contributed by atoms with van der Waals surface area (Å²) in [4.78, 5) is 13.8. The van der Waals surface area contributed by atoms with Gasteiger partial charge in [0.05, 0.1) is 5.75 Å². The van der Waals surface area contributed by atoms with Crippen LogP contribution in [0.25, 0.3) is 0 Å². The Bertz CT molecular complexity index is 682. The van der Waals surface area contributed by atoms with Crippen LogP contribution in [0.2, 0.25) is 0 Å². The summed E-state index contributed by atoms with van der Waals surface area (Å²) in [5.41, 5.74) is 0.827. The maximum atomic E-state index is 12.2. The molecular formula is C15H18F2N4O2S2. The fourth-order valence-electron chi connectivity index (χ4n) is 1.86. The van der Waals surface area contributed by atoms with E-state index in [-0.39, 0.29) is 17.4 Å². The van der Waals surface area contributed by atoms with Crippen LogP contribution in [0.4, 0.5) is 13.9 Å². The van der Waals surface area contributed by atoms with Gasteiger partial charge >= 0.3 is 6.61 Å². The molecule has 0 saturated heterocycles. The second kappa shape index (κ2) is 9.52. The number of carbonyl (C=O) groups is 1. The first-order valence-corrected chi connectivity index (χ1v) is 9.26. The van der Waals surface area contributed by atoms with Gasteiger partial charge in [-0.25, -0.2) is 0 Å². The summed E-state index contributed by atoms with van der Waals surface area (Å²) in [6, 6.07) is 6.22. The number of anilines is 1. The molecule has 6 nitrogen and oxygen atoms in total. The number of carbonyl (C=O) groups excluding carboxylic acids is 1. The minimum absolute atomic E-state index is 0.0573. The van der Waals surface area contributed by atoms with Gasteiger partial charge in [0.2, 0.25) is 11.0 Å². The highest BCUT2D eigenvalue weighted by atomic mass is 32.2. The summed E-state index contributed by atoms with van der Waals surface area (Å²) < 4.78 is 29.3. The topological polar surface area (TPSA) is 67.4 Å². The number of nitrogens with zero attached hydrogens (tertiary/aromatic N) is 3. The zero-order chi connectivity index (χ0) is 18.2. The number of rotatable bonds is 9. The lowest BCUT2D eigenvalue weighted by atomic mass is 10.2. The number of alkyl halides is 2. The number of halogens is 2. The Balaban J connectivity index is 1.80. The van der Waals surface area contributed by atoms with Crippen molar-refractivity contribution in [2.24, 2.45) is 0 Å². The largest absolute Gasteiger partial charge is 0.435 e. The third kappa shape index (κ3) is 6.46. The SMILES string of the molecule is CCNc1nnc(SCC(=O)N(C)Cc2ccc(OC(F)F)cc2)s1.